The number of rotatable bonds is 13. The van der Waals surface area contributed by atoms with Crippen LogP contribution in [0, 0.1) is 0 Å². The van der Waals surface area contributed by atoms with Crippen molar-refractivity contribution in [2.45, 2.75) is 77.3 Å². The minimum Gasteiger partial charge on any atom is -0.398 e. The van der Waals surface area contributed by atoms with Crippen LogP contribution in [0.4, 0.5) is 11.4 Å². The topological polar surface area (TPSA) is 59.8 Å². The summed E-state index contributed by atoms with van der Waals surface area (Å²) in [6.45, 7) is 2.14. The number of pyridine rings is 2. The molecule has 34 heavy (non-hydrogen) atoms. The third-order valence-corrected chi connectivity index (χ3v) is 6.97. The first-order valence-corrected chi connectivity index (χ1v) is 13.1. The Morgan fingerprint density at radius 2 is 0.794 bits per heavy atom. The molecule has 2 aromatic carbocycles. The van der Waals surface area contributed by atoms with Gasteiger partial charge in [0.05, 0.1) is 22.1 Å². The zero-order valence-corrected chi connectivity index (χ0v) is 20.5. The highest BCUT2D eigenvalue weighted by Crippen LogP contribution is 2.18. The van der Waals surface area contributed by atoms with Gasteiger partial charge in [-0.2, -0.15) is 9.13 Å². The highest BCUT2D eigenvalue weighted by molar-refractivity contribution is 5.88. The Morgan fingerprint density at radius 1 is 0.441 bits per heavy atom. The molecular weight excluding hydrogens is 416 g/mol. The lowest BCUT2D eigenvalue weighted by atomic mass is 10.1. The Morgan fingerprint density at radius 3 is 1.21 bits per heavy atom. The zero-order chi connectivity index (χ0) is 23.6. The van der Waals surface area contributed by atoms with E-state index in [0.717, 1.165) is 35.2 Å². The van der Waals surface area contributed by atoms with Gasteiger partial charge >= 0.3 is 0 Å². The molecular formula is C30H40N4+2. The molecule has 4 rings (SSSR count). The molecule has 4 N–H and O–H groups in total. The summed E-state index contributed by atoms with van der Waals surface area (Å²) in [6.07, 6.45) is 17.5. The Bertz CT molecular complexity index is 1110. The summed E-state index contributed by atoms with van der Waals surface area (Å²) in [4.78, 5) is 0. The van der Waals surface area contributed by atoms with Gasteiger partial charge in [-0.05, 0) is 25.0 Å². The van der Waals surface area contributed by atoms with Gasteiger partial charge in [0, 0.05) is 37.1 Å². The lowest BCUT2D eigenvalue weighted by Crippen LogP contribution is -2.34. The van der Waals surface area contributed by atoms with Crippen LogP contribution in [0.2, 0.25) is 0 Å². The van der Waals surface area contributed by atoms with Gasteiger partial charge in [0.1, 0.15) is 13.1 Å². The molecule has 0 saturated heterocycles. The molecule has 0 radical (unpaired) electrons. The van der Waals surface area contributed by atoms with Crippen molar-refractivity contribution in [3.63, 3.8) is 0 Å². The van der Waals surface area contributed by atoms with E-state index in [1.54, 1.807) is 0 Å². The lowest BCUT2D eigenvalue weighted by molar-refractivity contribution is -0.672. The van der Waals surface area contributed by atoms with E-state index in [-0.39, 0.29) is 0 Å². The van der Waals surface area contributed by atoms with Gasteiger partial charge in [0.2, 0.25) is 11.0 Å². The molecule has 178 valence electrons. The van der Waals surface area contributed by atoms with E-state index in [1.165, 1.54) is 75.2 Å². The van der Waals surface area contributed by atoms with Crippen LogP contribution < -0.4 is 20.6 Å². The standard InChI is InChI=1S/C30H38N4/c31-27-19-23-33(29-17-11-9-15-25(27)29)21-13-7-5-3-1-2-4-6-8-14-22-34-24-20-28(32)26-16-10-12-18-30(26)34/h9-12,15-20,23-24,31-32H,1-8,13-14,21-22H2/p+2. The fraction of sp³-hybridized carbons (Fsp3) is 0.400. The highest BCUT2D eigenvalue weighted by Gasteiger charge is 2.11. The van der Waals surface area contributed by atoms with Crippen LogP contribution >= 0.6 is 0 Å². The average molecular weight is 457 g/mol. The van der Waals surface area contributed by atoms with Crippen molar-refractivity contribution >= 4 is 33.2 Å². The molecule has 4 nitrogen and oxygen atoms in total. The van der Waals surface area contributed by atoms with Crippen molar-refractivity contribution in [1.29, 1.82) is 0 Å². The molecule has 0 aliphatic rings. The first-order valence-electron chi connectivity index (χ1n) is 13.1. The summed E-state index contributed by atoms with van der Waals surface area (Å²) in [5.41, 5.74) is 16.5. The molecule has 2 heterocycles. The van der Waals surface area contributed by atoms with E-state index >= 15 is 0 Å². The van der Waals surface area contributed by atoms with Crippen molar-refractivity contribution in [1.82, 2.24) is 0 Å². The van der Waals surface area contributed by atoms with Gasteiger partial charge in [-0.15, -0.1) is 0 Å². The molecule has 0 amide bonds. The van der Waals surface area contributed by atoms with Crippen LogP contribution in [-0.2, 0) is 13.1 Å². The highest BCUT2D eigenvalue weighted by atomic mass is 15.0. The smallest absolute Gasteiger partial charge is 0.214 e. The van der Waals surface area contributed by atoms with Crippen molar-refractivity contribution in [3.05, 3.63) is 73.1 Å². The van der Waals surface area contributed by atoms with Crippen LogP contribution in [0.1, 0.15) is 64.2 Å². The molecule has 0 aliphatic heterocycles. The Balaban J connectivity index is 1.04. The van der Waals surface area contributed by atoms with Gasteiger partial charge < -0.3 is 11.5 Å². The molecule has 0 spiro atoms. The summed E-state index contributed by atoms with van der Waals surface area (Å²) in [5, 5.41) is 2.32. The van der Waals surface area contributed by atoms with Gasteiger partial charge in [-0.25, -0.2) is 0 Å². The monoisotopic (exact) mass is 456 g/mol. The van der Waals surface area contributed by atoms with Gasteiger partial charge in [-0.1, -0.05) is 62.8 Å². The number of benzene rings is 2. The minimum absolute atomic E-state index is 0.865. The number of nitrogens with zero attached hydrogens (tertiary/aromatic N) is 2. The third-order valence-electron chi connectivity index (χ3n) is 6.97. The average Bonchev–Trinajstić information content (AvgIpc) is 2.87. The molecule has 0 unspecified atom stereocenters. The maximum atomic E-state index is 6.12. The number of nitrogen functional groups attached to an aromatic ring is 2. The summed E-state index contributed by atoms with van der Waals surface area (Å²) < 4.78 is 4.69. The van der Waals surface area contributed by atoms with E-state index in [4.69, 9.17) is 11.5 Å². The second kappa shape index (κ2) is 12.4. The molecule has 4 aromatic rings. The number of unbranched alkanes of at least 4 members (excludes halogenated alkanes) is 9. The number of hydrogen-bond donors (Lipinski definition) is 2. The van der Waals surface area contributed by atoms with Crippen molar-refractivity contribution < 1.29 is 9.13 Å². The molecule has 0 fully saturated rings. The maximum Gasteiger partial charge on any atom is 0.214 e. The predicted molar refractivity (Wildman–Crippen MR) is 143 cm³/mol. The number of hydrogen-bond acceptors (Lipinski definition) is 2. The predicted octanol–water partition coefficient (Wildman–Crippen LogP) is 6.33. The Hall–Kier alpha value is -3.14. The van der Waals surface area contributed by atoms with Crippen molar-refractivity contribution in [3.8, 4) is 0 Å². The second-order valence-electron chi connectivity index (χ2n) is 9.50. The van der Waals surface area contributed by atoms with Crippen LogP contribution in [0.5, 0.6) is 0 Å². The number of para-hydroxylation sites is 2. The van der Waals surface area contributed by atoms with Crippen molar-refractivity contribution in [2.24, 2.45) is 0 Å². The molecule has 0 atom stereocenters. The van der Waals surface area contributed by atoms with E-state index in [2.05, 4.69) is 70.1 Å². The van der Waals surface area contributed by atoms with Gasteiger partial charge in [-0.3, -0.25) is 0 Å². The summed E-state index contributed by atoms with van der Waals surface area (Å²) in [7, 11) is 0. The number of fused-ring (bicyclic) bond motifs is 2. The van der Waals surface area contributed by atoms with E-state index in [9.17, 15) is 0 Å². The third kappa shape index (κ3) is 6.25. The fourth-order valence-electron chi connectivity index (χ4n) is 4.99. The second-order valence-corrected chi connectivity index (χ2v) is 9.50. The molecule has 0 saturated carbocycles. The molecule has 2 aromatic heterocycles. The van der Waals surface area contributed by atoms with E-state index in [0.29, 0.717) is 0 Å². The summed E-state index contributed by atoms with van der Waals surface area (Å²) >= 11 is 0. The number of aromatic nitrogens is 2. The SMILES string of the molecule is Nc1cc[n+](CCCCCCCCCCCC[n+]2ccc(N)c3ccccc32)c2ccccc12. The molecule has 0 aliphatic carbocycles. The quantitative estimate of drug-likeness (QED) is 0.182. The van der Waals surface area contributed by atoms with Crippen molar-refractivity contribution in [2.75, 3.05) is 11.5 Å². The van der Waals surface area contributed by atoms with Crippen LogP contribution in [0.15, 0.2) is 73.1 Å². The van der Waals surface area contributed by atoms with Gasteiger partial charge in [0.15, 0.2) is 12.4 Å². The van der Waals surface area contributed by atoms with Gasteiger partial charge in [0.25, 0.3) is 0 Å². The lowest BCUT2D eigenvalue weighted by Gasteiger charge is -2.05. The first kappa shape index (κ1) is 24.0. The first-order chi connectivity index (χ1) is 16.7. The summed E-state index contributed by atoms with van der Waals surface area (Å²) in [5.74, 6) is 0. The Kier molecular flexibility index (Phi) is 8.72. The Labute approximate surface area is 204 Å². The van der Waals surface area contributed by atoms with E-state index in [1.807, 2.05) is 12.1 Å². The molecule has 4 heteroatoms. The van der Waals surface area contributed by atoms with Crippen LogP contribution in [0.3, 0.4) is 0 Å². The number of anilines is 2. The number of nitrogens with two attached hydrogens (primary N) is 2. The normalized spacial score (nSPS) is 11.4. The van der Waals surface area contributed by atoms with Crippen LogP contribution in [-0.4, -0.2) is 0 Å². The zero-order valence-electron chi connectivity index (χ0n) is 20.5. The fourth-order valence-corrected chi connectivity index (χ4v) is 4.99. The summed E-state index contributed by atoms with van der Waals surface area (Å²) in [6, 6.07) is 20.9. The van der Waals surface area contributed by atoms with Crippen LogP contribution in [0.25, 0.3) is 21.8 Å². The maximum absolute atomic E-state index is 6.12. The number of aryl methyl sites for hydroxylation is 2. The largest absolute Gasteiger partial charge is 0.398 e. The van der Waals surface area contributed by atoms with E-state index < -0.39 is 0 Å². The molecule has 0 bridgehead atoms. The minimum atomic E-state index is 0.865.